The van der Waals surface area contributed by atoms with E-state index in [0.717, 1.165) is 5.69 Å². The summed E-state index contributed by atoms with van der Waals surface area (Å²) in [7, 11) is -0.422. The van der Waals surface area contributed by atoms with Gasteiger partial charge >= 0.3 is 0 Å². The van der Waals surface area contributed by atoms with Crippen LogP contribution < -0.4 is 14.4 Å². The highest BCUT2D eigenvalue weighted by molar-refractivity contribution is 7.89. The van der Waals surface area contributed by atoms with Gasteiger partial charge in [-0.1, -0.05) is 23.2 Å². The Balaban J connectivity index is 1.76. The van der Waals surface area contributed by atoms with Crippen molar-refractivity contribution < 1.29 is 17.9 Å². The molecule has 0 aliphatic carbocycles. The molecule has 1 heterocycles. The van der Waals surface area contributed by atoms with Gasteiger partial charge in [-0.2, -0.15) is 4.31 Å². The molecule has 6 nitrogen and oxygen atoms in total. The summed E-state index contributed by atoms with van der Waals surface area (Å²) in [5.41, 5.74) is 0.907. The number of benzene rings is 2. The number of methoxy groups -OCH3 is 2. The second-order valence-corrected chi connectivity index (χ2v) is 8.76. The Morgan fingerprint density at radius 3 is 2.19 bits per heavy atom. The number of rotatable bonds is 5. The van der Waals surface area contributed by atoms with E-state index in [9.17, 15) is 8.42 Å². The predicted molar refractivity (Wildman–Crippen MR) is 107 cm³/mol. The van der Waals surface area contributed by atoms with Crippen molar-refractivity contribution >= 4 is 38.9 Å². The van der Waals surface area contributed by atoms with E-state index in [0.29, 0.717) is 42.7 Å². The van der Waals surface area contributed by atoms with Gasteiger partial charge in [-0.25, -0.2) is 8.42 Å². The zero-order valence-corrected chi connectivity index (χ0v) is 17.3. The average Bonchev–Trinajstić information content (AvgIpc) is 2.69. The molecule has 0 saturated carbocycles. The first kappa shape index (κ1) is 20.1. The number of sulfonamides is 1. The Hall–Kier alpha value is -1.67. The van der Waals surface area contributed by atoms with Crippen LogP contribution in [0.5, 0.6) is 11.5 Å². The maximum atomic E-state index is 12.9. The lowest BCUT2D eigenvalue weighted by Gasteiger charge is -2.36. The van der Waals surface area contributed by atoms with E-state index in [-0.39, 0.29) is 9.92 Å². The van der Waals surface area contributed by atoms with Crippen molar-refractivity contribution in [3.05, 3.63) is 46.4 Å². The maximum absolute atomic E-state index is 12.9. The number of piperazine rings is 1. The third kappa shape index (κ3) is 4.11. The van der Waals surface area contributed by atoms with E-state index < -0.39 is 10.0 Å². The third-order valence-corrected chi connectivity index (χ3v) is 7.13. The predicted octanol–water partition coefficient (Wildman–Crippen LogP) is 3.52. The number of anilines is 1. The summed E-state index contributed by atoms with van der Waals surface area (Å²) < 4.78 is 37.9. The molecule has 1 aliphatic heterocycles. The van der Waals surface area contributed by atoms with Crippen molar-refractivity contribution in [2.24, 2.45) is 0 Å². The second kappa shape index (κ2) is 8.14. The second-order valence-electron chi connectivity index (χ2n) is 6.00. The third-order valence-electron chi connectivity index (χ3n) is 4.50. The standard InChI is InChI=1S/C18H20Cl2N2O4S/c1-25-13-3-6-17(18(11-13)26-2)21-7-9-22(10-8-21)27(23,24)14-4-5-15(19)16(20)12-14/h3-6,11-12H,7-10H2,1-2H3. The van der Waals surface area contributed by atoms with Crippen LogP contribution in [0.2, 0.25) is 10.0 Å². The highest BCUT2D eigenvalue weighted by atomic mass is 35.5. The summed E-state index contributed by atoms with van der Waals surface area (Å²) in [6.45, 7) is 1.81. The molecule has 1 fully saturated rings. The normalized spacial score (nSPS) is 15.6. The highest BCUT2D eigenvalue weighted by Crippen LogP contribution is 2.33. The molecule has 2 aromatic carbocycles. The lowest BCUT2D eigenvalue weighted by atomic mass is 10.2. The Bertz CT molecular complexity index is 929. The number of hydrogen-bond donors (Lipinski definition) is 0. The topological polar surface area (TPSA) is 59.1 Å². The molecule has 0 spiro atoms. The van der Waals surface area contributed by atoms with Gasteiger partial charge in [-0.05, 0) is 30.3 Å². The zero-order valence-electron chi connectivity index (χ0n) is 15.0. The summed E-state index contributed by atoms with van der Waals surface area (Å²) in [6.07, 6.45) is 0. The number of ether oxygens (including phenoxy) is 2. The average molecular weight is 431 g/mol. The van der Waals surface area contributed by atoms with Gasteiger partial charge in [0.1, 0.15) is 11.5 Å². The fraction of sp³-hybridized carbons (Fsp3) is 0.333. The molecule has 0 atom stereocenters. The van der Waals surface area contributed by atoms with Crippen LogP contribution in [0.3, 0.4) is 0 Å². The minimum absolute atomic E-state index is 0.146. The van der Waals surface area contributed by atoms with Gasteiger partial charge in [0, 0.05) is 32.2 Å². The summed E-state index contributed by atoms with van der Waals surface area (Å²) in [5, 5.41) is 0.548. The van der Waals surface area contributed by atoms with E-state index in [1.54, 1.807) is 14.2 Å². The van der Waals surface area contributed by atoms with Crippen LogP contribution in [0.1, 0.15) is 0 Å². The first-order valence-corrected chi connectivity index (χ1v) is 10.5. The van der Waals surface area contributed by atoms with Crippen molar-refractivity contribution in [1.29, 1.82) is 0 Å². The van der Waals surface area contributed by atoms with Crippen LogP contribution in [0.15, 0.2) is 41.3 Å². The van der Waals surface area contributed by atoms with Crippen molar-refractivity contribution in [3.8, 4) is 11.5 Å². The molecule has 0 N–H and O–H groups in total. The molecule has 27 heavy (non-hydrogen) atoms. The van der Waals surface area contributed by atoms with Crippen LogP contribution in [-0.2, 0) is 10.0 Å². The van der Waals surface area contributed by atoms with Crippen molar-refractivity contribution in [2.75, 3.05) is 45.3 Å². The van der Waals surface area contributed by atoms with Gasteiger partial charge in [0.15, 0.2) is 0 Å². The van der Waals surface area contributed by atoms with Gasteiger partial charge in [0.25, 0.3) is 0 Å². The Morgan fingerprint density at radius 2 is 1.59 bits per heavy atom. The highest BCUT2D eigenvalue weighted by Gasteiger charge is 2.29. The fourth-order valence-corrected chi connectivity index (χ4v) is 4.81. The lowest BCUT2D eigenvalue weighted by molar-refractivity contribution is 0.375. The van der Waals surface area contributed by atoms with Crippen LogP contribution in [-0.4, -0.2) is 53.1 Å². The quantitative estimate of drug-likeness (QED) is 0.725. The van der Waals surface area contributed by atoms with E-state index in [4.69, 9.17) is 32.7 Å². The summed E-state index contributed by atoms with van der Waals surface area (Å²) in [4.78, 5) is 2.24. The van der Waals surface area contributed by atoms with Crippen LogP contribution in [0, 0.1) is 0 Å². The Labute approximate surface area is 169 Å². The molecule has 3 rings (SSSR count). The van der Waals surface area contributed by atoms with Crippen LogP contribution in [0.4, 0.5) is 5.69 Å². The summed E-state index contributed by atoms with van der Waals surface area (Å²) in [6, 6.07) is 9.95. The maximum Gasteiger partial charge on any atom is 0.243 e. The van der Waals surface area contributed by atoms with E-state index in [1.165, 1.54) is 22.5 Å². The van der Waals surface area contributed by atoms with Crippen LogP contribution >= 0.6 is 23.2 Å². The Kier molecular flexibility index (Phi) is 6.05. The molecule has 1 aliphatic rings. The van der Waals surface area contributed by atoms with E-state index in [2.05, 4.69) is 4.90 Å². The number of hydrogen-bond acceptors (Lipinski definition) is 5. The van der Waals surface area contributed by atoms with Crippen LogP contribution in [0.25, 0.3) is 0 Å². The monoisotopic (exact) mass is 430 g/mol. The number of halogens is 2. The molecule has 2 aromatic rings. The molecule has 146 valence electrons. The van der Waals surface area contributed by atoms with E-state index in [1.807, 2.05) is 18.2 Å². The largest absolute Gasteiger partial charge is 0.497 e. The lowest BCUT2D eigenvalue weighted by Crippen LogP contribution is -2.48. The number of nitrogens with zero attached hydrogens (tertiary/aromatic N) is 2. The van der Waals surface area contributed by atoms with Gasteiger partial charge in [-0.15, -0.1) is 0 Å². The molecule has 9 heteroatoms. The molecule has 0 unspecified atom stereocenters. The van der Waals surface area contributed by atoms with Crippen molar-refractivity contribution in [1.82, 2.24) is 4.31 Å². The minimum Gasteiger partial charge on any atom is -0.497 e. The molecule has 0 amide bonds. The van der Waals surface area contributed by atoms with Gasteiger partial charge in [-0.3, -0.25) is 0 Å². The minimum atomic E-state index is -3.62. The summed E-state index contributed by atoms with van der Waals surface area (Å²) in [5.74, 6) is 1.39. The SMILES string of the molecule is COc1ccc(N2CCN(S(=O)(=O)c3ccc(Cl)c(Cl)c3)CC2)c(OC)c1. The van der Waals surface area contributed by atoms with E-state index >= 15 is 0 Å². The molecule has 0 bridgehead atoms. The molecule has 1 saturated heterocycles. The van der Waals surface area contributed by atoms with Gasteiger partial charge in [0.05, 0.1) is 34.8 Å². The van der Waals surface area contributed by atoms with Gasteiger partial charge in [0.2, 0.25) is 10.0 Å². The molecular weight excluding hydrogens is 411 g/mol. The molecule has 0 radical (unpaired) electrons. The zero-order chi connectivity index (χ0) is 19.6. The van der Waals surface area contributed by atoms with Crippen molar-refractivity contribution in [3.63, 3.8) is 0 Å². The van der Waals surface area contributed by atoms with Gasteiger partial charge < -0.3 is 14.4 Å². The van der Waals surface area contributed by atoms with Crippen molar-refractivity contribution in [2.45, 2.75) is 4.90 Å². The smallest absolute Gasteiger partial charge is 0.243 e. The summed E-state index contributed by atoms with van der Waals surface area (Å²) >= 11 is 11.9. The molecule has 0 aromatic heterocycles. The first-order chi connectivity index (χ1) is 12.9. The Morgan fingerprint density at radius 1 is 0.889 bits per heavy atom. The fourth-order valence-electron chi connectivity index (χ4n) is 3.00. The first-order valence-electron chi connectivity index (χ1n) is 8.29. The molecular formula is C18H20Cl2N2O4S.